The number of aromatic amines is 2. The lowest BCUT2D eigenvalue weighted by Gasteiger charge is -2.06. The Hall–Kier alpha value is -4.59. The van der Waals surface area contributed by atoms with Gasteiger partial charge in [-0.25, -0.2) is 14.4 Å². The molecular weight excluding hydrogens is 419 g/mol. The molecule has 0 fully saturated rings. The van der Waals surface area contributed by atoms with E-state index in [0.717, 1.165) is 38.9 Å². The first-order valence-electron chi connectivity index (χ1n) is 10.3. The van der Waals surface area contributed by atoms with Crippen molar-refractivity contribution in [3.63, 3.8) is 0 Å². The number of hydrogen-bond donors (Lipinski definition) is 2. The summed E-state index contributed by atoms with van der Waals surface area (Å²) in [6.45, 7) is 0. The molecule has 33 heavy (non-hydrogen) atoms. The molecule has 0 amide bonds. The van der Waals surface area contributed by atoms with Crippen LogP contribution in [-0.4, -0.2) is 37.2 Å². The molecule has 6 rings (SSSR count). The number of H-pyrrole nitrogens is 2. The Kier molecular flexibility index (Phi) is 4.36. The molecule has 160 valence electrons. The third-order valence-corrected chi connectivity index (χ3v) is 5.64. The van der Waals surface area contributed by atoms with E-state index in [1.54, 1.807) is 30.9 Å². The summed E-state index contributed by atoms with van der Waals surface area (Å²) >= 11 is 0. The molecule has 8 heteroatoms. The maximum Gasteiger partial charge on any atom is 0.181 e. The Morgan fingerprint density at radius 2 is 1.73 bits per heavy atom. The summed E-state index contributed by atoms with van der Waals surface area (Å²) in [5.74, 6) is 0.0966. The number of ether oxygens (including phenoxy) is 1. The van der Waals surface area contributed by atoms with E-state index in [1.807, 2.05) is 30.3 Å². The topological polar surface area (TPSA) is 92.4 Å². The van der Waals surface area contributed by atoms with Crippen LogP contribution in [0.25, 0.3) is 55.7 Å². The monoisotopic (exact) mass is 436 g/mol. The van der Waals surface area contributed by atoms with Gasteiger partial charge in [0.2, 0.25) is 0 Å². The minimum atomic E-state index is -0.362. The fourth-order valence-corrected chi connectivity index (χ4v) is 4.06. The lowest BCUT2D eigenvalue weighted by Crippen LogP contribution is -1.88. The van der Waals surface area contributed by atoms with Gasteiger partial charge >= 0.3 is 0 Å². The molecule has 0 atom stereocenters. The summed E-state index contributed by atoms with van der Waals surface area (Å²) in [7, 11) is 1.52. The summed E-state index contributed by atoms with van der Waals surface area (Å²) in [5, 5.41) is 9.19. The van der Waals surface area contributed by atoms with Crippen LogP contribution in [0.15, 0.2) is 73.3 Å². The van der Waals surface area contributed by atoms with Crippen molar-refractivity contribution in [2.45, 2.75) is 0 Å². The quantitative estimate of drug-likeness (QED) is 0.387. The molecule has 0 saturated heterocycles. The van der Waals surface area contributed by atoms with Crippen LogP contribution in [0.3, 0.4) is 0 Å². The highest BCUT2D eigenvalue weighted by molar-refractivity contribution is 5.99. The number of nitrogens with zero attached hydrogens (tertiary/aromatic N) is 4. The number of rotatable bonds is 4. The maximum atomic E-state index is 14.2. The lowest BCUT2D eigenvalue weighted by molar-refractivity contribution is 0.411. The predicted molar refractivity (Wildman–Crippen MR) is 124 cm³/mol. The highest BCUT2D eigenvalue weighted by Gasteiger charge is 2.16. The van der Waals surface area contributed by atoms with E-state index in [0.29, 0.717) is 22.6 Å². The highest BCUT2D eigenvalue weighted by Crippen LogP contribution is 2.35. The molecule has 0 aliphatic heterocycles. The van der Waals surface area contributed by atoms with E-state index in [-0.39, 0.29) is 5.82 Å². The molecule has 0 aliphatic rings. The summed E-state index contributed by atoms with van der Waals surface area (Å²) in [4.78, 5) is 16.4. The minimum absolute atomic E-state index is 0.362. The molecule has 7 nitrogen and oxygen atoms in total. The standard InChI is InChI=1S/C25H17FN6O/c1-33-18-9-15(8-17(26)11-18)19-4-7-28-24-20(19)12-22(30-24)23-21-10-16(13-29-25(21)32-31-23)14-2-5-27-6-3-14/h2-13H,1H3,(H,28,30)(H,29,31,32). The average molecular weight is 436 g/mol. The fourth-order valence-electron chi connectivity index (χ4n) is 4.06. The van der Waals surface area contributed by atoms with Crippen molar-refractivity contribution in [3.05, 3.63) is 79.1 Å². The van der Waals surface area contributed by atoms with Crippen molar-refractivity contribution < 1.29 is 9.13 Å². The van der Waals surface area contributed by atoms with Gasteiger partial charge in [-0.15, -0.1) is 0 Å². The zero-order valence-electron chi connectivity index (χ0n) is 17.5. The van der Waals surface area contributed by atoms with E-state index in [1.165, 1.54) is 19.2 Å². The zero-order chi connectivity index (χ0) is 22.4. The molecule has 0 unspecified atom stereocenters. The van der Waals surface area contributed by atoms with Gasteiger partial charge in [-0.3, -0.25) is 10.1 Å². The second-order valence-corrected chi connectivity index (χ2v) is 7.61. The van der Waals surface area contributed by atoms with Gasteiger partial charge in [0.1, 0.15) is 17.2 Å². The second-order valence-electron chi connectivity index (χ2n) is 7.61. The second kappa shape index (κ2) is 7.52. The van der Waals surface area contributed by atoms with Crippen molar-refractivity contribution in [3.8, 4) is 39.4 Å². The number of methoxy groups -OCH3 is 1. The molecule has 1 aromatic carbocycles. The van der Waals surface area contributed by atoms with E-state index in [9.17, 15) is 4.39 Å². The number of fused-ring (bicyclic) bond motifs is 2. The molecule has 5 aromatic heterocycles. The van der Waals surface area contributed by atoms with Gasteiger partial charge in [0, 0.05) is 47.2 Å². The van der Waals surface area contributed by atoms with E-state index in [2.05, 4.69) is 30.1 Å². The smallest absolute Gasteiger partial charge is 0.181 e. The molecule has 0 radical (unpaired) electrons. The van der Waals surface area contributed by atoms with E-state index < -0.39 is 0 Å². The normalized spacial score (nSPS) is 11.3. The number of aromatic nitrogens is 6. The summed E-state index contributed by atoms with van der Waals surface area (Å²) in [6, 6.07) is 14.4. The summed E-state index contributed by atoms with van der Waals surface area (Å²) in [5.41, 5.74) is 6.46. The third-order valence-electron chi connectivity index (χ3n) is 5.64. The SMILES string of the molecule is COc1cc(F)cc(-c2ccnc3[nH]c(-c4[nH]nc5ncc(-c6ccncc6)cc45)cc23)c1. The molecule has 0 saturated carbocycles. The minimum Gasteiger partial charge on any atom is -0.497 e. The van der Waals surface area contributed by atoms with Crippen LogP contribution in [0.4, 0.5) is 4.39 Å². The first-order chi connectivity index (χ1) is 16.2. The van der Waals surface area contributed by atoms with Crippen LogP contribution in [-0.2, 0) is 0 Å². The van der Waals surface area contributed by atoms with Crippen LogP contribution >= 0.6 is 0 Å². The van der Waals surface area contributed by atoms with Crippen LogP contribution in [0.1, 0.15) is 0 Å². The number of nitrogens with one attached hydrogen (secondary N) is 2. The molecule has 0 aliphatic carbocycles. The van der Waals surface area contributed by atoms with Crippen LogP contribution in [0, 0.1) is 5.82 Å². The average Bonchev–Trinajstić information content (AvgIpc) is 3.47. The fraction of sp³-hybridized carbons (Fsp3) is 0.0400. The Balaban J connectivity index is 1.50. The Morgan fingerprint density at radius 1 is 0.848 bits per heavy atom. The van der Waals surface area contributed by atoms with Gasteiger partial charge in [-0.05, 0) is 59.2 Å². The predicted octanol–water partition coefficient (Wildman–Crippen LogP) is 5.38. The molecule has 0 bridgehead atoms. The maximum absolute atomic E-state index is 14.2. The van der Waals surface area contributed by atoms with Crippen molar-refractivity contribution in [2.24, 2.45) is 0 Å². The Bertz CT molecular complexity index is 1620. The van der Waals surface area contributed by atoms with Crippen molar-refractivity contribution in [1.29, 1.82) is 0 Å². The molecule has 5 heterocycles. The van der Waals surface area contributed by atoms with Crippen molar-refractivity contribution in [1.82, 2.24) is 30.1 Å². The highest BCUT2D eigenvalue weighted by atomic mass is 19.1. The third kappa shape index (κ3) is 3.28. The lowest BCUT2D eigenvalue weighted by atomic mass is 10.0. The summed E-state index contributed by atoms with van der Waals surface area (Å²) < 4.78 is 19.4. The van der Waals surface area contributed by atoms with Gasteiger partial charge in [-0.2, -0.15) is 5.10 Å². The van der Waals surface area contributed by atoms with Crippen LogP contribution in [0.2, 0.25) is 0 Å². The van der Waals surface area contributed by atoms with Gasteiger partial charge in [0.25, 0.3) is 0 Å². The van der Waals surface area contributed by atoms with E-state index in [4.69, 9.17) is 4.74 Å². The Morgan fingerprint density at radius 3 is 2.58 bits per heavy atom. The molecular formula is C25H17FN6O. The first-order valence-corrected chi connectivity index (χ1v) is 10.3. The van der Waals surface area contributed by atoms with Gasteiger partial charge in [-0.1, -0.05) is 0 Å². The van der Waals surface area contributed by atoms with Gasteiger partial charge in [0.05, 0.1) is 18.5 Å². The van der Waals surface area contributed by atoms with E-state index >= 15 is 0 Å². The zero-order valence-corrected chi connectivity index (χ0v) is 17.5. The van der Waals surface area contributed by atoms with Crippen molar-refractivity contribution >= 4 is 22.1 Å². The van der Waals surface area contributed by atoms with Gasteiger partial charge in [0.15, 0.2) is 5.65 Å². The molecule has 0 spiro atoms. The number of halogens is 1. The number of pyridine rings is 3. The van der Waals surface area contributed by atoms with Gasteiger partial charge < -0.3 is 9.72 Å². The Labute approximate surface area is 187 Å². The first kappa shape index (κ1) is 19.1. The number of benzene rings is 1. The van der Waals surface area contributed by atoms with Crippen molar-refractivity contribution in [2.75, 3.05) is 7.11 Å². The summed E-state index contributed by atoms with van der Waals surface area (Å²) in [6.07, 6.45) is 7.00. The van der Waals surface area contributed by atoms with Crippen LogP contribution in [0.5, 0.6) is 5.75 Å². The molecule has 2 N–H and O–H groups in total. The number of hydrogen-bond acceptors (Lipinski definition) is 5. The largest absolute Gasteiger partial charge is 0.497 e. The van der Waals surface area contributed by atoms with Crippen LogP contribution < -0.4 is 4.74 Å². The molecule has 6 aromatic rings.